The Balaban J connectivity index is 1.04. The van der Waals surface area contributed by atoms with Gasteiger partial charge in [0.15, 0.2) is 0 Å². The first kappa shape index (κ1) is 33.3. The Morgan fingerprint density at radius 2 is 0.949 bits per heavy atom. The molecular weight excluding hydrogens is 715 g/mol. The molecule has 3 nitrogen and oxygen atoms in total. The highest BCUT2D eigenvalue weighted by molar-refractivity contribution is 6.19. The summed E-state index contributed by atoms with van der Waals surface area (Å²) in [6, 6.07) is 81.7. The maximum Gasteiger partial charge on any atom is 0.0561 e. The van der Waals surface area contributed by atoms with Crippen molar-refractivity contribution in [1.82, 2.24) is 4.57 Å². The molecule has 11 aromatic rings. The molecule has 1 aliphatic heterocycles. The summed E-state index contributed by atoms with van der Waals surface area (Å²) in [5.74, 6) is 0. The van der Waals surface area contributed by atoms with Crippen LogP contribution in [0.15, 0.2) is 224 Å². The average Bonchev–Trinajstić information content (AvgIpc) is 3.64. The summed E-state index contributed by atoms with van der Waals surface area (Å²) in [4.78, 5) is 4.84. The molecule has 2 heterocycles. The Labute approximate surface area is 342 Å². The second-order valence-electron chi connectivity index (χ2n) is 15.4. The van der Waals surface area contributed by atoms with E-state index < -0.39 is 0 Å². The van der Waals surface area contributed by atoms with Crippen LogP contribution in [0.25, 0.3) is 71.3 Å². The normalized spacial score (nSPS) is 12.0. The fraction of sp³-hybridized carbons (Fsp3) is 0. The summed E-state index contributed by atoms with van der Waals surface area (Å²) in [5.41, 5.74) is 15.2. The molecule has 0 saturated heterocycles. The topological polar surface area (TPSA) is 11.4 Å². The molecule has 59 heavy (non-hydrogen) atoms. The van der Waals surface area contributed by atoms with E-state index in [0.717, 1.165) is 28.4 Å². The molecule has 0 aliphatic carbocycles. The van der Waals surface area contributed by atoms with Gasteiger partial charge in [-0.1, -0.05) is 146 Å². The third kappa shape index (κ3) is 5.29. The second-order valence-corrected chi connectivity index (χ2v) is 15.4. The van der Waals surface area contributed by atoms with E-state index in [2.05, 4.69) is 239 Å². The lowest BCUT2D eigenvalue weighted by molar-refractivity contribution is 1.18. The number of aromatic nitrogens is 1. The van der Waals surface area contributed by atoms with Crippen molar-refractivity contribution in [2.45, 2.75) is 0 Å². The van der Waals surface area contributed by atoms with Gasteiger partial charge in [-0.05, 0) is 112 Å². The third-order valence-corrected chi connectivity index (χ3v) is 12.1. The SMILES string of the molecule is c1ccc(-c2ccc(N(c3ccc(N4c5ccc6ccccc6c5-c5cccc6cccc4c56)cc3)c3ccc4c5ccccc5n(-c5ccccc5)c4c3)cc2)cc1. The molecule has 1 aliphatic rings. The average molecular weight is 752 g/mol. The Morgan fingerprint density at radius 3 is 1.75 bits per heavy atom. The van der Waals surface area contributed by atoms with Gasteiger partial charge in [-0.15, -0.1) is 0 Å². The van der Waals surface area contributed by atoms with Crippen LogP contribution >= 0.6 is 0 Å². The number of benzene rings is 10. The predicted molar refractivity (Wildman–Crippen MR) is 250 cm³/mol. The summed E-state index contributed by atoms with van der Waals surface area (Å²) in [6.07, 6.45) is 0. The Kier molecular flexibility index (Phi) is 7.54. The zero-order valence-corrected chi connectivity index (χ0v) is 32.2. The summed E-state index contributed by atoms with van der Waals surface area (Å²) in [5, 5.41) is 7.51. The van der Waals surface area contributed by atoms with Crippen LogP contribution in [0.2, 0.25) is 0 Å². The van der Waals surface area contributed by atoms with Crippen LogP contribution in [-0.4, -0.2) is 4.57 Å². The van der Waals surface area contributed by atoms with Crippen molar-refractivity contribution < 1.29 is 0 Å². The first-order valence-corrected chi connectivity index (χ1v) is 20.3. The maximum absolute atomic E-state index is 2.45. The zero-order chi connectivity index (χ0) is 38.9. The van der Waals surface area contributed by atoms with Crippen LogP contribution in [0.3, 0.4) is 0 Å². The zero-order valence-electron chi connectivity index (χ0n) is 32.2. The van der Waals surface area contributed by atoms with Crippen LogP contribution in [0.5, 0.6) is 0 Å². The predicted octanol–water partition coefficient (Wildman–Crippen LogP) is 15.7. The summed E-state index contributed by atoms with van der Waals surface area (Å²) >= 11 is 0. The Morgan fingerprint density at radius 1 is 0.339 bits per heavy atom. The minimum atomic E-state index is 1.08. The summed E-state index contributed by atoms with van der Waals surface area (Å²) < 4.78 is 2.39. The van der Waals surface area contributed by atoms with Crippen LogP contribution in [0.1, 0.15) is 0 Å². The summed E-state index contributed by atoms with van der Waals surface area (Å²) in [6.45, 7) is 0. The van der Waals surface area contributed by atoms with E-state index in [9.17, 15) is 0 Å². The fourth-order valence-electron chi connectivity index (χ4n) is 9.44. The van der Waals surface area contributed by atoms with Crippen LogP contribution in [0.4, 0.5) is 34.1 Å². The smallest absolute Gasteiger partial charge is 0.0561 e. The molecule has 12 rings (SSSR count). The lowest BCUT2D eigenvalue weighted by Gasteiger charge is -2.34. The van der Waals surface area contributed by atoms with Crippen molar-refractivity contribution in [3.63, 3.8) is 0 Å². The van der Waals surface area contributed by atoms with E-state index in [1.54, 1.807) is 0 Å². The number of hydrogen-bond acceptors (Lipinski definition) is 2. The van der Waals surface area contributed by atoms with E-state index >= 15 is 0 Å². The standard InChI is InChI=1S/C56H37N3/c1-3-13-38(14-4-1)39-25-28-43(29-26-39)57(46-34-35-49-48-21-9-10-23-51(48)58(54(49)37-46)42-18-5-2-6-19-42)44-30-32-45(33-31-44)59-52-24-12-17-41-16-11-22-50(55(41)52)56-47-20-8-7-15-40(47)27-36-53(56)59/h1-37H. The number of rotatable bonds is 6. The van der Waals surface area contributed by atoms with Crippen molar-refractivity contribution in [1.29, 1.82) is 0 Å². The van der Waals surface area contributed by atoms with Gasteiger partial charge in [-0.3, -0.25) is 0 Å². The number of para-hydroxylation sites is 2. The lowest BCUT2D eigenvalue weighted by Crippen LogP contribution is -2.16. The number of anilines is 6. The van der Waals surface area contributed by atoms with Crippen molar-refractivity contribution in [2.75, 3.05) is 9.80 Å². The molecule has 0 spiro atoms. The molecule has 276 valence electrons. The monoisotopic (exact) mass is 751 g/mol. The van der Waals surface area contributed by atoms with Crippen LogP contribution < -0.4 is 9.80 Å². The minimum absolute atomic E-state index is 1.08. The van der Waals surface area contributed by atoms with Crippen LogP contribution in [-0.2, 0) is 0 Å². The molecule has 0 unspecified atom stereocenters. The van der Waals surface area contributed by atoms with Crippen molar-refractivity contribution >= 4 is 77.5 Å². The van der Waals surface area contributed by atoms with Gasteiger partial charge in [-0.25, -0.2) is 0 Å². The number of fused-ring (bicyclic) bond motifs is 7. The summed E-state index contributed by atoms with van der Waals surface area (Å²) in [7, 11) is 0. The maximum atomic E-state index is 2.45. The fourth-order valence-corrected chi connectivity index (χ4v) is 9.44. The molecule has 0 radical (unpaired) electrons. The molecule has 10 aromatic carbocycles. The van der Waals surface area contributed by atoms with E-state index in [-0.39, 0.29) is 0 Å². The molecule has 0 atom stereocenters. The third-order valence-electron chi connectivity index (χ3n) is 12.1. The molecule has 0 N–H and O–H groups in total. The highest BCUT2D eigenvalue weighted by Crippen LogP contribution is 2.53. The first-order valence-electron chi connectivity index (χ1n) is 20.3. The Bertz CT molecular complexity index is 3360. The van der Waals surface area contributed by atoms with Gasteiger partial charge in [0, 0.05) is 50.2 Å². The first-order chi connectivity index (χ1) is 29.3. The number of nitrogens with zero attached hydrogens (tertiary/aromatic N) is 3. The highest BCUT2D eigenvalue weighted by atomic mass is 15.2. The van der Waals surface area contributed by atoms with E-state index in [1.165, 1.54) is 77.0 Å². The van der Waals surface area contributed by atoms with Crippen molar-refractivity contribution in [2.24, 2.45) is 0 Å². The Hall–Kier alpha value is -7.88. The molecule has 0 amide bonds. The molecule has 1 aromatic heterocycles. The van der Waals surface area contributed by atoms with Crippen LogP contribution in [0, 0.1) is 0 Å². The van der Waals surface area contributed by atoms with Gasteiger partial charge >= 0.3 is 0 Å². The molecule has 0 bridgehead atoms. The highest BCUT2D eigenvalue weighted by Gasteiger charge is 2.28. The molecular formula is C56H37N3. The van der Waals surface area contributed by atoms with Crippen molar-refractivity contribution in [3.8, 4) is 27.9 Å². The van der Waals surface area contributed by atoms with E-state index in [1.807, 2.05) is 0 Å². The van der Waals surface area contributed by atoms with E-state index in [4.69, 9.17) is 0 Å². The molecule has 0 saturated carbocycles. The van der Waals surface area contributed by atoms with Gasteiger partial charge in [0.2, 0.25) is 0 Å². The quantitative estimate of drug-likeness (QED) is 0.168. The van der Waals surface area contributed by atoms with Gasteiger partial charge in [0.1, 0.15) is 0 Å². The van der Waals surface area contributed by atoms with Gasteiger partial charge < -0.3 is 14.4 Å². The molecule has 3 heteroatoms. The molecule has 0 fully saturated rings. The van der Waals surface area contributed by atoms with Gasteiger partial charge in [0.05, 0.1) is 22.4 Å². The lowest BCUT2D eigenvalue weighted by atomic mass is 9.87. The van der Waals surface area contributed by atoms with Gasteiger partial charge in [0.25, 0.3) is 0 Å². The van der Waals surface area contributed by atoms with Gasteiger partial charge in [-0.2, -0.15) is 0 Å². The number of hydrogen-bond donors (Lipinski definition) is 0. The van der Waals surface area contributed by atoms with Crippen molar-refractivity contribution in [3.05, 3.63) is 224 Å². The van der Waals surface area contributed by atoms with E-state index in [0.29, 0.717) is 0 Å². The minimum Gasteiger partial charge on any atom is -0.310 e. The largest absolute Gasteiger partial charge is 0.310 e. The second kappa shape index (κ2) is 13.4.